The van der Waals surface area contributed by atoms with E-state index in [0.717, 1.165) is 34.4 Å². The Labute approximate surface area is 126 Å². The van der Waals surface area contributed by atoms with E-state index in [9.17, 15) is 0 Å². The lowest BCUT2D eigenvalue weighted by molar-refractivity contribution is 0.610. The number of halogens is 1. The van der Waals surface area contributed by atoms with Crippen LogP contribution < -0.4 is 5.32 Å². The molecule has 2 heterocycles. The van der Waals surface area contributed by atoms with Gasteiger partial charge < -0.3 is 9.73 Å². The number of furan rings is 1. The highest BCUT2D eigenvalue weighted by atomic mass is 79.9. The summed E-state index contributed by atoms with van der Waals surface area (Å²) < 4.78 is 6.54. The van der Waals surface area contributed by atoms with Crippen LogP contribution in [0.1, 0.15) is 11.1 Å². The van der Waals surface area contributed by atoms with Gasteiger partial charge in [-0.1, -0.05) is 18.2 Å². The van der Waals surface area contributed by atoms with Crippen molar-refractivity contribution in [3.63, 3.8) is 0 Å². The first kappa shape index (κ1) is 13.2. The van der Waals surface area contributed by atoms with Gasteiger partial charge in [0.15, 0.2) is 0 Å². The van der Waals surface area contributed by atoms with Crippen molar-refractivity contribution < 1.29 is 4.42 Å². The average Bonchev–Trinajstić information content (AvgIpc) is 2.85. The highest BCUT2D eigenvalue weighted by molar-refractivity contribution is 9.10. The molecule has 0 aliphatic carbocycles. The average molecular weight is 331 g/mol. The Morgan fingerprint density at radius 2 is 2.15 bits per heavy atom. The number of benzene rings is 1. The van der Waals surface area contributed by atoms with E-state index in [4.69, 9.17) is 4.42 Å². The minimum absolute atomic E-state index is 0.832. The van der Waals surface area contributed by atoms with Crippen molar-refractivity contribution in [1.29, 1.82) is 0 Å². The van der Waals surface area contributed by atoms with Gasteiger partial charge >= 0.3 is 0 Å². The first-order valence-corrected chi connectivity index (χ1v) is 7.34. The Morgan fingerprint density at radius 3 is 3.00 bits per heavy atom. The summed E-state index contributed by atoms with van der Waals surface area (Å²) >= 11 is 3.42. The zero-order valence-electron chi connectivity index (χ0n) is 11.2. The van der Waals surface area contributed by atoms with Gasteiger partial charge in [-0.05, 0) is 52.5 Å². The molecule has 4 heteroatoms. The van der Waals surface area contributed by atoms with Crippen LogP contribution in [0.5, 0.6) is 0 Å². The fraction of sp³-hybridized carbons (Fsp3) is 0.188. The summed E-state index contributed by atoms with van der Waals surface area (Å²) in [4.78, 5) is 4.38. The number of para-hydroxylation sites is 1. The molecule has 1 aromatic carbocycles. The summed E-state index contributed by atoms with van der Waals surface area (Å²) in [5.74, 6) is 0.931. The van der Waals surface area contributed by atoms with Crippen molar-refractivity contribution >= 4 is 32.7 Å². The SMILES string of the molecule is Cc1cc(Br)cnc1NCCc1coc2ccccc12. The molecule has 2 aromatic heterocycles. The van der Waals surface area contributed by atoms with E-state index in [1.165, 1.54) is 10.9 Å². The summed E-state index contributed by atoms with van der Waals surface area (Å²) in [6.07, 6.45) is 4.56. The molecule has 102 valence electrons. The van der Waals surface area contributed by atoms with E-state index in [1.807, 2.05) is 37.6 Å². The number of aryl methyl sites for hydroxylation is 1. The topological polar surface area (TPSA) is 38.1 Å². The number of aromatic nitrogens is 1. The molecule has 0 bridgehead atoms. The fourth-order valence-electron chi connectivity index (χ4n) is 2.27. The zero-order valence-corrected chi connectivity index (χ0v) is 12.8. The monoisotopic (exact) mass is 330 g/mol. The Morgan fingerprint density at radius 1 is 1.30 bits per heavy atom. The first-order chi connectivity index (χ1) is 9.74. The van der Waals surface area contributed by atoms with Crippen LogP contribution in [0.4, 0.5) is 5.82 Å². The third-order valence-corrected chi connectivity index (χ3v) is 3.73. The van der Waals surface area contributed by atoms with Crippen molar-refractivity contribution in [2.24, 2.45) is 0 Å². The number of nitrogens with one attached hydrogen (secondary N) is 1. The van der Waals surface area contributed by atoms with Gasteiger partial charge in [0.1, 0.15) is 11.4 Å². The summed E-state index contributed by atoms with van der Waals surface area (Å²) in [6.45, 7) is 2.88. The van der Waals surface area contributed by atoms with Crippen molar-refractivity contribution in [2.45, 2.75) is 13.3 Å². The van der Waals surface area contributed by atoms with Gasteiger partial charge in [-0.3, -0.25) is 0 Å². The third-order valence-electron chi connectivity index (χ3n) is 3.29. The van der Waals surface area contributed by atoms with Crippen LogP contribution in [0.2, 0.25) is 0 Å². The maximum absolute atomic E-state index is 5.54. The van der Waals surface area contributed by atoms with E-state index in [1.54, 1.807) is 0 Å². The number of fused-ring (bicyclic) bond motifs is 1. The van der Waals surface area contributed by atoms with E-state index in [0.29, 0.717) is 0 Å². The number of hydrogen-bond donors (Lipinski definition) is 1. The van der Waals surface area contributed by atoms with Crippen molar-refractivity contribution in [3.8, 4) is 0 Å². The molecular weight excluding hydrogens is 316 g/mol. The summed E-state index contributed by atoms with van der Waals surface area (Å²) in [6, 6.07) is 10.2. The molecular formula is C16H15BrN2O. The molecule has 3 aromatic rings. The molecule has 0 spiro atoms. The predicted molar refractivity (Wildman–Crippen MR) is 85.1 cm³/mol. The fourth-order valence-corrected chi connectivity index (χ4v) is 2.71. The Balaban J connectivity index is 1.68. The van der Waals surface area contributed by atoms with E-state index in [-0.39, 0.29) is 0 Å². The molecule has 0 aliphatic rings. The third kappa shape index (κ3) is 2.70. The Kier molecular flexibility index (Phi) is 3.74. The summed E-state index contributed by atoms with van der Waals surface area (Å²) in [7, 11) is 0. The Bertz CT molecular complexity index is 736. The first-order valence-electron chi connectivity index (χ1n) is 6.55. The maximum atomic E-state index is 5.54. The van der Waals surface area contributed by atoms with Gasteiger partial charge in [-0.25, -0.2) is 4.98 Å². The lowest BCUT2D eigenvalue weighted by atomic mass is 10.1. The second-order valence-corrected chi connectivity index (χ2v) is 5.67. The van der Waals surface area contributed by atoms with Gasteiger partial charge in [0, 0.05) is 22.6 Å². The van der Waals surface area contributed by atoms with Gasteiger partial charge in [-0.15, -0.1) is 0 Å². The minimum Gasteiger partial charge on any atom is -0.464 e. The van der Waals surface area contributed by atoms with Crippen LogP contribution in [-0.4, -0.2) is 11.5 Å². The number of hydrogen-bond acceptors (Lipinski definition) is 3. The largest absolute Gasteiger partial charge is 0.464 e. The highest BCUT2D eigenvalue weighted by Crippen LogP contribution is 2.21. The number of anilines is 1. The highest BCUT2D eigenvalue weighted by Gasteiger charge is 2.05. The molecule has 0 fully saturated rings. The number of nitrogens with zero attached hydrogens (tertiary/aromatic N) is 1. The van der Waals surface area contributed by atoms with Crippen LogP contribution in [0.25, 0.3) is 11.0 Å². The molecule has 3 rings (SSSR count). The lowest BCUT2D eigenvalue weighted by Crippen LogP contribution is -2.07. The van der Waals surface area contributed by atoms with Crippen LogP contribution in [0, 0.1) is 6.92 Å². The second-order valence-electron chi connectivity index (χ2n) is 4.75. The Hall–Kier alpha value is -1.81. The molecule has 20 heavy (non-hydrogen) atoms. The number of pyridine rings is 1. The van der Waals surface area contributed by atoms with Gasteiger partial charge in [0.05, 0.1) is 6.26 Å². The quantitative estimate of drug-likeness (QED) is 0.762. The number of rotatable bonds is 4. The lowest BCUT2D eigenvalue weighted by Gasteiger charge is -2.08. The smallest absolute Gasteiger partial charge is 0.134 e. The van der Waals surface area contributed by atoms with Crippen molar-refractivity contribution in [3.05, 3.63) is 58.4 Å². The minimum atomic E-state index is 0.832. The molecule has 0 aliphatic heterocycles. The van der Waals surface area contributed by atoms with Gasteiger partial charge in [-0.2, -0.15) is 0 Å². The molecule has 0 saturated heterocycles. The normalized spacial score (nSPS) is 10.9. The molecule has 0 amide bonds. The van der Waals surface area contributed by atoms with Crippen LogP contribution in [-0.2, 0) is 6.42 Å². The van der Waals surface area contributed by atoms with Gasteiger partial charge in [0.2, 0.25) is 0 Å². The molecule has 0 saturated carbocycles. The molecule has 0 radical (unpaired) electrons. The standard InChI is InChI=1S/C16H15BrN2O/c1-11-8-13(17)9-19-16(11)18-7-6-12-10-20-15-5-3-2-4-14(12)15/h2-5,8-10H,6-7H2,1H3,(H,18,19). The van der Waals surface area contributed by atoms with E-state index in [2.05, 4.69) is 38.4 Å². The van der Waals surface area contributed by atoms with Crippen LogP contribution in [0.15, 0.2) is 51.7 Å². The van der Waals surface area contributed by atoms with Crippen LogP contribution >= 0.6 is 15.9 Å². The summed E-state index contributed by atoms with van der Waals surface area (Å²) in [5, 5.41) is 4.56. The molecule has 0 unspecified atom stereocenters. The van der Waals surface area contributed by atoms with E-state index < -0.39 is 0 Å². The predicted octanol–water partition coefficient (Wildman–Crippen LogP) is 4.55. The summed E-state index contributed by atoms with van der Waals surface area (Å²) in [5.41, 5.74) is 3.31. The van der Waals surface area contributed by atoms with E-state index >= 15 is 0 Å². The second kappa shape index (κ2) is 5.67. The van der Waals surface area contributed by atoms with Crippen molar-refractivity contribution in [1.82, 2.24) is 4.98 Å². The molecule has 1 N–H and O–H groups in total. The zero-order chi connectivity index (χ0) is 13.9. The maximum Gasteiger partial charge on any atom is 0.134 e. The molecule has 3 nitrogen and oxygen atoms in total. The van der Waals surface area contributed by atoms with Crippen LogP contribution in [0.3, 0.4) is 0 Å². The molecule has 0 atom stereocenters. The van der Waals surface area contributed by atoms with Crippen molar-refractivity contribution in [2.75, 3.05) is 11.9 Å². The van der Waals surface area contributed by atoms with Gasteiger partial charge in [0.25, 0.3) is 0 Å².